The molecule has 1 fully saturated rings. The van der Waals surface area contributed by atoms with Gasteiger partial charge in [0.1, 0.15) is 11.5 Å². The fourth-order valence-corrected chi connectivity index (χ4v) is 3.74. The van der Waals surface area contributed by atoms with Gasteiger partial charge >= 0.3 is 0 Å². The molecule has 0 saturated carbocycles. The molecule has 1 N–H and O–H groups in total. The monoisotopic (exact) mass is 378 g/mol. The van der Waals surface area contributed by atoms with E-state index in [-0.39, 0.29) is 5.78 Å². The van der Waals surface area contributed by atoms with E-state index in [4.69, 9.17) is 4.98 Å². The Labute approximate surface area is 167 Å². The van der Waals surface area contributed by atoms with Gasteiger partial charge in [0.15, 0.2) is 0 Å². The smallest absolute Gasteiger partial charge is 0.213 e. The molecule has 3 rings (SSSR count). The van der Waals surface area contributed by atoms with Gasteiger partial charge in [0.05, 0.1) is 0 Å². The average molecular weight is 379 g/mol. The fourth-order valence-electron chi connectivity index (χ4n) is 3.74. The molecule has 0 aromatic carbocycles. The molecule has 1 saturated heterocycles. The van der Waals surface area contributed by atoms with Crippen molar-refractivity contribution in [2.45, 2.75) is 40.2 Å². The molecule has 0 spiro atoms. The molecule has 0 bridgehead atoms. The number of carbonyl (C=O) groups excluding carboxylic acids is 1. The number of hydrogen-bond acceptors (Lipinski definition) is 5. The minimum Gasteiger partial charge on any atom is -0.354 e. The Kier molecular flexibility index (Phi) is 6.57. The quantitative estimate of drug-likeness (QED) is 0.773. The normalized spacial score (nSPS) is 17.5. The maximum absolute atomic E-state index is 13.2. The Morgan fingerprint density at radius 2 is 2.18 bits per heavy atom. The van der Waals surface area contributed by atoms with Crippen molar-refractivity contribution >= 4 is 17.7 Å². The highest BCUT2D eigenvalue weighted by Crippen LogP contribution is 2.22. The zero-order valence-corrected chi connectivity index (χ0v) is 17.3. The lowest BCUT2D eigenvalue weighted by Crippen LogP contribution is -2.51. The molecular weight excluding hydrogens is 348 g/mol. The zero-order chi connectivity index (χ0) is 20.1. The van der Waals surface area contributed by atoms with Gasteiger partial charge in [0, 0.05) is 48.7 Å². The van der Waals surface area contributed by atoms with Gasteiger partial charge in [-0.25, -0.2) is 4.98 Å². The minimum atomic E-state index is -0.0746. The van der Waals surface area contributed by atoms with Crippen LogP contribution in [0.5, 0.6) is 0 Å². The molecule has 3 heterocycles. The third-order valence-corrected chi connectivity index (χ3v) is 5.06. The molecule has 2 aromatic heterocycles. The van der Waals surface area contributed by atoms with Crippen molar-refractivity contribution in [1.29, 1.82) is 0 Å². The molecule has 0 aliphatic carbocycles. The van der Waals surface area contributed by atoms with Crippen LogP contribution in [-0.2, 0) is 0 Å². The second-order valence-electron chi connectivity index (χ2n) is 7.80. The fraction of sp³-hybridized carbons (Fsp3) is 0.435. The van der Waals surface area contributed by atoms with E-state index in [1.807, 2.05) is 44.2 Å². The molecule has 1 atom stereocenters. The first-order valence-corrected chi connectivity index (χ1v) is 10.1. The molecule has 5 nitrogen and oxygen atoms in total. The predicted octanol–water partition coefficient (Wildman–Crippen LogP) is 3.87. The van der Waals surface area contributed by atoms with Gasteiger partial charge in [0.25, 0.3) is 0 Å². The van der Waals surface area contributed by atoms with Gasteiger partial charge in [-0.1, -0.05) is 26.0 Å². The van der Waals surface area contributed by atoms with E-state index in [1.165, 1.54) is 0 Å². The highest BCUT2D eigenvalue weighted by Gasteiger charge is 2.23. The summed E-state index contributed by atoms with van der Waals surface area (Å²) in [5.74, 6) is 1.44. The van der Waals surface area contributed by atoms with Gasteiger partial charge in [-0.05, 0) is 50.5 Å². The first-order valence-electron chi connectivity index (χ1n) is 10.1. The molecule has 0 radical (unpaired) electrons. The lowest BCUT2D eigenvalue weighted by atomic mass is 10.0. The summed E-state index contributed by atoms with van der Waals surface area (Å²) in [7, 11) is 0. The van der Waals surface area contributed by atoms with E-state index in [2.05, 4.69) is 29.0 Å². The summed E-state index contributed by atoms with van der Waals surface area (Å²) in [6, 6.07) is 8.10. The van der Waals surface area contributed by atoms with Crippen LogP contribution < -0.4 is 10.2 Å². The summed E-state index contributed by atoms with van der Waals surface area (Å²) in [6.45, 7) is 11.0. The number of allylic oxidation sites excluding steroid dienone is 1. The molecule has 0 amide bonds. The third-order valence-electron chi connectivity index (χ3n) is 5.06. The molecule has 2 aromatic rings. The Morgan fingerprint density at radius 3 is 2.89 bits per heavy atom. The van der Waals surface area contributed by atoms with Gasteiger partial charge in [0.2, 0.25) is 5.78 Å². The van der Waals surface area contributed by atoms with Crippen molar-refractivity contribution < 1.29 is 4.79 Å². The summed E-state index contributed by atoms with van der Waals surface area (Å²) in [5, 5.41) is 3.60. The largest absolute Gasteiger partial charge is 0.354 e. The van der Waals surface area contributed by atoms with Crippen LogP contribution in [0.4, 0.5) is 5.82 Å². The number of nitrogens with zero attached hydrogens (tertiary/aromatic N) is 3. The lowest BCUT2D eigenvalue weighted by Gasteiger charge is -2.35. The van der Waals surface area contributed by atoms with Crippen LogP contribution in [0.1, 0.15) is 54.5 Å². The summed E-state index contributed by atoms with van der Waals surface area (Å²) < 4.78 is 0. The molecule has 1 aliphatic rings. The summed E-state index contributed by atoms with van der Waals surface area (Å²) >= 11 is 0. The maximum Gasteiger partial charge on any atom is 0.213 e. The van der Waals surface area contributed by atoms with Crippen molar-refractivity contribution in [3.63, 3.8) is 0 Å². The number of rotatable bonds is 6. The summed E-state index contributed by atoms with van der Waals surface area (Å²) in [4.78, 5) is 24.6. The SMILES string of the molecule is C/C=C\c1ccc(N2CCN[C@@H](CC(C)C)C2)nc1C(=O)c1cccnc1C. The van der Waals surface area contributed by atoms with Gasteiger partial charge in [-0.15, -0.1) is 0 Å². The Bertz CT molecular complexity index is 859. The van der Waals surface area contributed by atoms with Crippen molar-refractivity contribution in [2.75, 3.05) is 24.5 Å². The topological polar surface area (TPSA) is 58.1 Å². The first kappa shape index (κ1) is 20.2. The average Bonchev–Trinajstić information content (AvgIpc) is 2.68. The molecule has 28 heavy (non-hydrogen) atoms. The number of piperazine rings is 1. The predicted molar refractivity (Wildman–Crippen MR) is 115 cm³/mol. The molecule has 148 valence electrons. The highest BCUT2D eigenvalue weighted by atomic mass is 16.1. The second kappa shape index (κ2) is 9.11. The number of aromatic nitrogens is 2. The van der Waals surface area contributed by atoms with E-state index in [0.717, 1.165) is 43.1 Å². The van der Waals surface area contributed by atoms with Crippen LogP contribution in [-0.4, -0.2) is 41.4 Å². The maximum atomic E-state index is 13.2. The Hall–Kier alpha value is -2.53. The second-order valence-corrected chi connectivity index (χ2v) is 7.80. The third kappa shape index (κ3) is 4.65. The van der Waals surface area contributed by atoms with Crippen LogP contribution in [0.25, 0.3) is 6.08 Å². The van der Waals surface area contributed by atoms with Crippen molar-refractivity contribution in [2.24, 2.45) is 5.92 Å². The van der Waals surface area contributed by atoms with E-state index < -0.39 is 0 Å². The standard InChI is InChI=1S/C23H30N4O/c1-5-7-18-9-10-21(27-13-12-25-19(15-27)14-16(2)3)26-22(18)23(28)20-8-6-11-24-17(20)4/h5-11,16,19,25H,12-15H2,1-4H3/b7-5-/t19-/m0/s1. The summed E-state index contributed by atoms with van der Waals surface area (Å²) in [6.07, 6.45) is 6.72. The van der Waals surface area contributed by atoms with E-state index in [1.54, 1.807) is 12.3 Å². The Balaban J connectivity index is 1.94. The highest BCUT2D eigenvalue weighted by molar-refractivity contribution is 6.10. The Morgan fingerprint density at radius 1 is 1.36 bits per heavy atom. The van der Waals surface area contributed by atoms with E-state index in [9.17, 15) is 4.79 Å². The molecule has 5 heteroatoms. The molecule has 0 unspecified atom stereocenters. The molecule has 1 aliphatic heterocycles. The van der Waals surface area contributed by atoms with Crippen molar-refractivity contribution in [3.8, 4) is 0 Å². The first-order chi connectivity index (χ1) is 13.5. The number of carbonyl (C=O) groups is 1. The van der Waals surface area contributed by atoms with Crippen LogP contribution in [0.15, 0.2) is 36.5 Å². The van der Waals surface area contributed by atoms with E-state index in [0.29, 0.717) is 23.2 Å². The number of nitrogens with one attached hydrogen (secondary N) is 1. The number of ketones is 1. The van der Waals surface area contributed by atoms with Crippen LogP contribution >= 0.6 is 0 Å². The van der Waals surface area contributed by atoms with Crippen LogP contribution in [0, 0.1) is 12.8 Å². The van der Waals surface area contributed by atoms with Crippen molar-refractivity contribution in [1.82, 2.24) is 15.3 Å². The zero-order valence-electron chi connectivity index (χ0n) is 17.3. The van der Waals surface area contributed by atoms with Gasteiger partial charge in [-0.2, -0.15) is 0 Å². The number of pyridine rings is 2. The van der Waals surface area contributed by atoms with Crippen LogP contribution in [0.3, 0.4) is 0 Å². The van der Waals surface area contributed by atoms with Gasteiger partial charge in [-0.3, -0.25) is 9.78 Å². The lowest BCUT2D eigenvalue weighted by molar-refractivity contribution is 0.103. The number of anilines is 1. The van der Waals surface area contributed by atoms with Gasteiger partial charge < -0.3 is 10.2 Å². The number of hydrogen-bond donors (Lipinski definition) is 1. The van der Waals surface area contributed by atoms with E-state index >= 15 is 0 Å². The minimum absolute atomic E-state index is 0.0746. The summed E-state index contributed by atoms with van der Waals surface area (Å²) in [5.41, 5.74) is 2.67. The number of aryl methyl sites for hydroxylation is 1. The van der Waals surface area contributed by atoms with Crippen molar-refractivity contribution in [3.05, 3.63) is 59.1 Å². The van der Waals surface area contributed by atoms with Crippen LogP contribution in [0.2, 0.25) is 0 Å². The molecular formula is C23H30N4O.